The molecule has 1 saturated heterocycles. The molecule has 1 atom stereocenters. The Morgan fingerprint density at radius 2 is 2.12 bits per heavy atom. The summed E-state index contributed by atoms with van der Waals surface area (Å²) in [5, 5.41) is 0. The first-order valence-corrected chi connectivity index (χ1v) is 5.94. The number of rotatable bonds is 2. The summed E-state index contributed by atoms with van der Waals surface area (Å²) in [6.07, 6.45) is 4.21. The molecule has 0 aliphatic carbocycles. The van der Waals surface area contributed by atoms with E-state index < -0.39 is 0 Å². The molecule has 2 N–H and O–H groups in total. The van der Waals surface area contributed by atoms with Crippen molar-refractivity contribution in [2.24, 2.45) is 5.73 Å². The van der Waals surface area contributed by atoms with E-state index in [0.717, 1.165) is 24.6 Å². The molecule has 1 aromatic rings. The zero-order valence-electron chi connectivity index (χ0n) is 10.1. The predicted molar refractivity (Wildman–Crippen MR) is 64.1 cm³/mol. The second-order valence-electron chi connectivity index (χ2n) is 4.71. The number of hydrogen-bond donors (Lipinski definition) is 1. The van der Waals surface area contributed by atoms with Gasteiger partial charge in [-0.3, -0.25) is 0 Å². The van der Waals surface area contributed by atoms with Gasteiger partial charge in [0.05, 0.1) is 6.04 Å². The van der Waals surface area contributed by atoms with Gasteiger partial charge < -0.3 is 10.6 Å². The lowest BCUT2D eigenvalue weighted by Crippen LogP contribution is -2.29. The van der Waals surface area contributed by atoms with Crippen molar-refractivity contribution < 1.29 is 0 Å². The van der Waals surface area contributed by atoms with Crippen LogP contribution in [0.1, 0.15) is 43.2 Å². The molecule has 0 saturated carbocycles. The first kappa shape index (κ1) is 11.5. The van der Waals surface area contributed by atoms with Gasteiger partial charge in [-0.05, 0) is 46.0 Å². The first-order chi connectivity index (χ1) is 7.66. The predicted octanol–water partition coefficient (Wildman–Crippen LogP) is 1.31. The monoisotopic (exact) mass is 220 g/mol. The van der Waals surface area contributed by atoms with Crippen LogP contribution in [-0.4, -0.2) is 35.0 Å². The molecule has 88 valence electrons. The summed E-state index contributed by atoms with van der Waals surface area (Å²) >= 11 is 0. The quantitative estimate of drug-likeness (QED) is 0.816. The minimum Gasteiger partial charge on any atom is -0.322 e. The lowest BCUT2D eigenvalue weighted by Gasteiger charge is -2.28. The van der Waals surface area contributed by atoms with Gasteiger partial charge in [-0.25, -0.2) is 9.97 Å². The first-order valence-electron chi connectivity index (χ1n) is 5.94. The van der Waals surface area contributed by atoms with E-state index in [1.54, 1.807) is 0 Å². The smallest absolute Gasteiger partial charge is 0.144 e. The van der Waals surface area contributed by atoms with Gasteiger partial charge in [0.15, 0.2) is 0 Å². The van der Waals surface area contributed by atoms with Crippen LogP contribution in [0.5, 0.6) is 0 Å². The summed E-state index contributed by atoms with van der Waals surface area (Å²) in [4.78, 5) is 11.1. The Morgan fingerprint density at radius 1 is 1.44 bits per heavy atom. The van der Waals surface area contributed by atoms with Gasteiger partial charge in [-0.15, -0.1) is 0 Å². The van der Waals surface area contributed by atoms with Crippen LogP contribution in [-0.2, 0) is 0 Å². The molecule has 0 spiro atoms. The van der Waals surface area contributed by atoms with Crippen LogP contribution in [0.15, 0.2) is 12.3 Å². The maximum absolute atomic E-state index is 5.80. The average molecular weight is 220 g/mol. The van der Waals surface area contributed by atoms with E-state index in [2.05, 4.69) is 21.9 Å². The molecule has 4 heteroatoms. The molecule has 1 fully saturated rings. The third-order valence-corrected chi connectivity index (χ3v) is 3.24. The Hall–Kier alpha value is -1.00. The highest BCUT2D eigenvalue weighted by atomic mass is 15.1. The molecule has 1 aromatic heterocycles. The number of nitrogens with zero attached hydrogens (tertiary/aromatic N) is 3. The van der Waals surface area contributed by atoms with Crippen LogP contribution >= 0.6 is 0 Å². The van der Waals surface area contributed by atoms with Gasteiger partial charge in [0, 0.05) is 17.8 Å². The number of aromatic nitrogens is 2. The maximum Gasteiger partial charge on any atom is 0.144 e. The highest BCUT2D eigenvalue weighted by Crippen LogP contribution is 2.26. The molecule has 2 heterocycles. The van der Waals surface area contributed by atoms with Crippen molar-refractivity contribution in [2.75, 3.05) is 20.1 Å². The summed E-state index contributed by atoms with van der Waals surface area (Å²) in [6.45, 7) is 4.23. The van der Waals surface area contributed by atoms with E-state index in [1.165, 1.54) is 12.8 Å². The van der Waals surface area contributed by atoms with Crippen LogP contribution < -0.4 is 5.73 Å². The second kappa shape index (κ2) is 4.89. The average Bonchev–Trinajstić information content (AvgIpc) is 2.30. The fourth-order valence-electron chi connectivity index (χ4n) is 2.14. The molecule has 0 bridgehead atoms. The van der Waals surface area contributed by atoms with Gasteiger partial charge >= 0.3 is 0 Å². The summed E-state index contributed by atoms with van der Waals surface area (Å²) in [5.41, 5.74) is 6.96. The molecular formula is C12H20N4. The maximum atomic E-state index is 5.80. The highest BCUT2D eigenvalue weighted by molar-refractivity contribution is 5.10. The number of hydrogen-bond acceptors (Lipinski definition) is 4. The van der Waals surface area contributed by atoms with Gasteiger partial charge in [0.25, 0.3) is 0 Å². The van der Waals surface area contributed by atoms with Gasteiger partial charge in [0.1, 0.15) is 5.82 Å². The standard InChI is InChI=1S/C12H20N4/c1-9(13)12-14-6-3-11(15-12)10-4-7-16(2)8-5-10/h3,6,9-10H,4-5,7-8,13H2,1-2H3. The summed E-state index contributed by atoms with van der Waals surface area (Å²) in [7, 11) is 2.17. The fraction of sp³-hybridized carbons (Fsp3) is 0.667. The van der Waals surface area contributed by atoms with Crippen molar-refractivity contribution >= 4 is 0 Å². The molecule has 0 amide bonds. The van der Waals surface area contributed by atoms with E-state index in [9.17, 15) is 0 Å². The van der Waals surface area contributed by atoms with Crippen molar-refractivity contribution in [3.63, 3.8) is 0 Å². The van der Waals surface area contributed by atoms with Crippen molar-refractivity contribution in [3.05, 3.63) is 23.8 Å². The fourth-order valence-corrected chi connectivity index (χ4v) is 2.14. The SMILES string of the molecule is CC(N)c1nccc(C2CCN(C)CC2)n1. The van der Waals surface area contributed by atoms with E-state index in [-0.39, 0.29) is 6.04 Å². The molecule has 16 heavy (non-hydrogen) atoms. The van der Waals surface area contributed by atoms with E-state index in [0.29, 0.717) is 5.92 Å². The van der Waals surface area contributed by atoms with Crippen molar-refractivity contribution in [1.29, 1.82) is 0 Å². The number of nitrogens with two attached hydrogens (primary N) is 1. The molecule has 0 aromatic carbocycles. The van der Waals surface area contributed by atoms with Crippen LogP contribution in [0, 0.1) is 0 Å². The molecule has 1 aliphatic rings. The minimum atomic E-state index is -0.0776. The summed E-state index contributed by atoms with van der Waals surface area (Å²) < 4.78 is 0. The Kier molecular flexibility index (Phi) is 3.51. The largest absolute Gasteiger partial charge is 0.322 e. The van der Waals surface area contributed by atoms with Crippen molar-refractivity contribution in [1.82, 2.24) is 14.9 Å². The topological polar surface area (TPSA) is 55.0 Å². The van der Waals surface area contributed by atoms with Crippen LogP contribution in [0.3, 0.4) is 0 Å². The molecule has 4 nitrogen and oxygen atoms in total. The van der Waals surface area contributed by atoms with E-state index >= 15 is 0 Å². The van der Waals surface area contributed by atoms with E-state index in [1.807, 2.05) is 19.2 Å². The van der Waals surface area contributed by atoms with Gasteiger partial charge in [-0.2, -0.15) is 0 Å². The van der Waals surface area contributed by atoms with Crippen LogP contribution in [0.4, 0.5) is 0 Å². The van der Waals surface area contributed by atoms with Gasteiger partial charge in [0.2, 0.25) is 0 Å². The molecular weight excluding hydrogens is 200 g/mol. The zero-order chi connectivity index (χ0) is 11.5. The van der Waals surface area contributed by atoms with Crippen LogP contribution in [0.2, 0.25) is 0 Å². The zero-order valence-corrected chi connectivity index (χ0v) is 10.1. The van der Waals surface area contributed by atoms with Gasteiger partial charge in [-0.1, -0.05) is 0 Å². The van der Waals surface area contributed by atoms with Crippen molar-refractivity contribution in [3.8, 4) is 0 Å². The Morgan fingerprint density at radius 3 is 2.75 bits per heavy atom. The van der Waals surface area contributed by atoms with Crippen molar-refractivity contribution in [2.45, 2.75) is 31.7 Å². The highest BCUT2D eigenvalue weighted by Gasteiger charge is 2.20. The normalized spacial score (nSPS) is 20.9. The summed E-state index contributed by atoms with van der Waals surface area (Å²) in [5.74, 6) is 1.34. The second-order valence-corrected chi connectivity index (χ2v) is 4.71. The minimum absolute atomic E-state index is 0.0776. The Labute approximate surface area is 96.9 Å². The van der Waals surface area contributed by atoms with Crippen LogP contribution in [0.25, 0.3) is 0 Å². The Bertz CT molecular complexity index is 343. The number of likely N-dealkylation sites (tertiary alicyclic amines) is 1. The summed E-state index contributed by atoms with van der Waals surface area (Å²) in [6, 6.07) is 1.95. The lowest BCUT2D eigenvalue weighted by atomic mass is 9.93. The third kappa shape index (κ3) is 2.57. The molecule has 1 aliphatic heterocycles. The van der Waals surface area contributed by atoms with E-state index in [4.69, 9.17) is 5.73 Å². The molecule has 0 radical (unpaired) electrons. The third-order valence-electron chi connectivity index (χ3n) is 3.24. The lowest BCUT2D eigenvalue weighted by molar-refractivity contribution is 0.253. The number of piperidine rings is 1. The molecule has 2 rings (SSSR count). The molecule has 1 unspecified atom stereocenters. The Balaban J connectivity index is 2.11.